The van der Waals surface area contributed by atoms with E-state index >= 15 is 0 Å². The molecule has 3 aromatic rings. The van der Waals surface area contributed by atoms with E-state index < -0.39 is 25.0 Å². The molecule has 0 amide bonds. The Bertz CT molecular complexity index is 1570. The first kappa shape index (κ1) is 32.8. The van der Waals surface area contributed by atoms with Crippen LogP contribution < -0.4 is 25.0 Å². The number of hydrogen-bond donors (Lipinski definition) is 3. The first-order chi connectivity index (χ1) is 19.6. The average molecular weight is 642 g/mol. The second-order valence-electron chi connectivity index (χ2n) is 8.97. The number of anilines is 1. The van der Waals surface area contributed by atoms with Crippen molar-refractivity contribution in [3.05, 3.63) is 66.5 Å². The van der Waals surface area contributed by atoms with E-state index in [1.165, 1.54) is 40.7 Å². The van der Waals surface area contributed by atoms with Crippen LogP contribution in [0.5, 0.6) is 11.5 Å². The Morgan fingerprint density at radius 1 is 0.952 bits per heavy atom. The number of nitrogens with two attached hydrogens (primary N) is 1. The lowest BCUT2D eigenvalue weighted by molar-refractivity contribution is 0.0733. The van der Waals surface area contributed by atoms with Crippen LogP contribution >= 0.6 is 12.4 Å². The van der Waals surface area contributed by atoms with Gasteiger partial charge in [0.15, 0.2) is 0 Å². The maximum Gasteiger partial charge on any atom is 0.340 e. The highest BCUT2D eigenvalue weighted by Crippen LogP contribution is 2.30. The van der Waals surface area contributed by atoms with Crippen molar-refractivity contribution >= 4 is 44.5 Å². The van der Waals surface area contributed by atoms with E-state index in [2.05, 4.69) is 15.4 Å². The van der Waals surface area contributed by atoms with Gasteiger partial charge in [0.25, 0.3) is 0 Å². The number of aryl methyl sites for hydroxylation is 1. The highest BCUT2D eigenvalue weighted by atomic mass is 35.5. The average Bonchev–Trinajstić information content (AvgIpc) is 2.95. The normalized spacial score (nSPS) is 14.1. The van der Waals surface area contributed by atoms with E-state index in [9.17, 15) is 16.8 Å². The molecule has 17 heteroatoms. The molecule has 1 aromatic heterocycles. The Hall–Kier alpha value is -3.70. The van der Waals surface area contributed by atoms with Crippen LogP contribution in [0.3, 0.4) is 0 Å². The van der Waals surface area contributed by atoms with Crippen LogP contribution in [0.25, 0.3) is 0 Å². The van der Waals surface area contributed by atoms with Crippen molar-refractivity contribution in [2.75, 3.05) is 44.3 Å². The molecule has 1 aliphatic rings. The van der Waals surface area contributed by atoms with Crippen LogP contribution in [-0.4, -0.2) is 76.5 Å². The summed E-state index contributed by atoms with van der Waals surface area (Å²) >= 11 is 0. The number of nitrogens with zero attached hydrogens (tertiary/aromatic N) is 4. The summed E-state index contributed by atoms with van der Waals surface area (Å²) in [6, 6.07) is 11.7. The van der Waals surface area contributed by atoms with Crippen LogP contribution in [-0.2, 0) is 25.0 Å². The molecule has 0 unspecified atom stereocenters. The maximum atomic E-state index is 13.6. The summed E-state index contributed by atoms with van der Waals surface area (Å²) in [6.07, 6.45) is 3.68. The number of benzene rings is 2. The van der Waals surface area contributed by atoms with Crippen molar-refractivity contribution in [1.82, 2.24) is 19.8 Å². The fourth-order valence-corrected chi connectivity index (χ4v) is 7.17. The van der Waals surface area contributed by atoms with Gasteiger partial charge in [-0.1, -0.05) is 12.1 Å². The van der Waals surface area contributed by atoms with Gasteiger partial charge in [-0.25, -0.2) is 23.9 Å². The molecule has 228 valence electrons. The van der Waals surface area contributed by atoms with E-state index in [4.69, 9.17) is 24.9 Å². The molecule has 14 nitrogen and oxygen atoms in total. The summed E-state index contributed by atoms with van der Waals surface area (Å²) in [5.74, 6) is 0.512. The Balaban J connectivity index is 0.00000484. The molecule has 1 saturated heterocycles. The van der Waals surface area contributed by atoms with Gasteiger partial charge >= 0.3 is 10.1 Å². The van der Waals surface area contributed by atoms with Crippen molar-refractivity contribution < 1.29 is 30.6 Å². The quantitative estimate of drug-likeness (QED) is 0.0854. The van der Waals surface area contributed by atoms with E-state index in [1.807, 2.05) is 4.90 Å². The number of nitrogens with one attached hydrogen (secondary N) is 2. The van der Waals surface area contributed by atoms with Crippen LogP contribution in [0, 0.1) is 12.3 Å². The lowest BCUT2D eigenvalue weighted by Crippen LogP contribution is -2.49. The van der Waals surface area contributed by atoms with Crippen molar-refractivity contribution in [1.29, 1.82) is 5.41 Å². The third-order valence-electron chi connectivity index (χ3n) is 5.88. The summed E-state index contributed by atoms with van der Waals surface area (Å²) in [6.45, 7) is 3.16. The molecular formula is C25H32ClN7O7S2. The summed E-state index contributed by atoms with van der Waals surface area (Å²) in [4.78, 5) is 14.4. The number of piperazine rings is 1. The van der Waals surface area contributed by atoms with Gasteiger partial charge in [-0.3, -0.25) is 10.2 Å². The standard InChI is InChI=1S/C25H31N7O7S2.ClH/c1-19-16-20(37-14-5-15-38-30-24(26)27)18-21(17-19)39-41(35,36)23-7-3-2-6-22(23)40(33,34)32-12-10-31(11-13-32)25-28-8-4-9-29-25;/h2-4,6-9,16-18H,5,10-15H2,1H3,(H4,26,27,30);1H. The van der Waals surface area contributed by atoms with Gasteiger partial charge < -0.3 is 19.6 Å². The summed E-state index contributed by atoms with van der Waals surface area (Å²) in [5, 5.41) is 7.03. The molecule has 0 radical (unpaired) electrons. The lowest BCUT2D eigenvalue weighted by Gasteiger charge is -2.34. The summed E-state index contributed by atoms with van der Waals surface area (Å²) in [7, 11) is -8.72. The van der Waals surface area contributed by atoms with Crippen LogP contribution in [0.4, 0.5) is 5.95 Å². The smallest absolute Gasteiger partial charge is 0.340 e. The first-order valence-electron chi connectivity index (χ1n) is 12.6. The molecule has 0 aliphatic carbocycles. The van der Waals surface area contributed by atoms with Crippen molar-refractivity contribution in [3.63, 3.8) is 0 Å². The second-order valence-corrected chi connectivity index (χ2v) is 12.4. The SMILES string of the molecule is Cc1cc(OCCCONC(=N)N)cc(OS(=O)(=O)c2ccccc2S(=O)(=O)N2CCN(c3ncccn3)CC2)c1.Cl. The molecule has 1 aliphatic heterocycles. The number of ether oxygens (including phenoxy) is 1. The zero-order valence-corrected chi connectivity index (χ0v) is 25.1. The maximum absolute atomic E-state index is 13.6. The van der Waals surface area contributed by atoms with Gasteiger partial charge in [0.2, 0.25) is 21.9 Å². The van der Waals surface area contributed by atoms with Crippen LogP contribution in [0.2, 0.25) is 0 Å². The number of aromatic nitrogens is 2. The van der Waals surface area contributed by atoms with Crippen molar-refractivity contribution in [2.45, 2.75) is 23.1 Å². The zero-order valence-electron chi connectivity index (χ0n) is 22.7. The molecule has 2 aromatic carbocycles. The molecule has 0 spiro atoms. The molecule has 0 bridgehead atoms. The number of hydrogen-bond acceptors (Lipinski definition) is 11. The summed E-state index contributed by atoms with van der Waals surface area (Å²) in [5.41, 5.74) is 8.02. The summed E-state index contributed by atoms with van der Waals surface area (Å²) < 4.78 is 66.2. The number of rotatable bonds is 12. The molecule has 2 heterocycles. The molecule has 1 fully saturated rings. The molecule has 4 rings (SSSR count). The van der Waals surface area contributed by atoms with Crippen molar-refractivity contribution in [3.8, 4) is 11.5 Å². The zero-order chi connectivity index (χ0) is 29.5. The molecule has 42 heavy (non-hydrogen) atoms. The molecule has 4 N–H and O–H groups in total. The minimum Gasteiger partial charge on any atom is -0.493 e. The molecule has 0 atom stereocenters. The number of hydroxylamine groups is 1. The first-order valence-corrected chi connectivity index (χ1v) is 15.4. The highest BCUT2D eigenvalue weighted by Gasteiger charge is 2.34. The van der Waals surface area contributed by atoms with Gasteiger partial charge in [0, 0.05) is 51.1 Å². The monoisotopic (exact) mass is 641 g/mol. The second kappa shape index (κ2) is 14.5. The number of sulfonamides is 1. The van der Waals surface area contributed by atoms with Gasteiger partial charge in [-0.2, -0.15) is 12.7 Å². The third-order valence-corrected chi connectivity index (χ3v) is 9.27. The van der Waals surface area contributed by atoms with E-state index in [1.54, 1.807) is 31.5 Å². The predicted octanol–water partition coefficient (Wildman–Crippen LogP) is 1.67. The van der Waals surface area contributed by atoms with E-state index in [-0.39, 0.29) is 55.3 Å². The number of guanidine groups is 1. The highest BCUT2D eigenvalue weighted by molar-refractivity contribution is 7.91. The van der Waals surface area contributed by atoms with E-state index in [0.29, 0.717) is 36.8 Å². The molecular weight excluding hydrogens is 610 g/mol. The Morgan fingerprint density at radius 2 is 1.60 bits per heavy atom. The Morgan fingerprint density at radius 3 is 2.26 bits per heavy atom. The lowest BCUT2D eigenvalue weighted by atomic mass is 10.2. The van der Waals surface area contributed by atoms with Crippen molar-refractivity contribution in [2.24, 2.45) is 5.73 Å². The topological polar surface area (TPSA) is 190 Å². The van der Waals surface area contributed by atoms with E-state index in [0.717, 1.165) is 0 Å². The van der Waals surface area contributed by atoms with Crippen LogP contribution in [0.15, 0.2) is 70.7 Å². The predicted molar refractivity (Wildman–Crippen MR) is 157 cm³/mol. The Kier molecular flexibility index (Phi) is 11.3. The minimum atomic E-state index is -4.55. The fourth-order valence-electron chi connectivity index (χ4n) is 4.06. The molecule has 0 saturated carbocycles. The minimum absolute atomic E-state index is 0. The van der Waals surface area contributed by atoms with Gasteiger partial charge in [-0.15, -0.1) is 12.4 Å². The fraction of sp³-hybridized carbons (Fsp3) is 0.320. The van der Waals surface area contributed by atoms with Gasteiger partial charge in [-0.05, 0) is 42.8 Å². The van der Waals surface area contributed by atoms with Crippen LogP contribution in [0.1, 0.15) is 12.0 Å². The Labute approximate surface area is 250 Å². The largest absolute Gasteiger partial charge is 0.493 e. The van der Waals surface area contributed by atoms with Gasteiger partial charge in [0.05, 0.1) is 13.2 Å². The number of halogens is 1. The third kappa shape index (κ3) is 8.42. The van der Waals surface area contributed by atoms with Gasteiger partial charge in [0.1, 0.15) is 21.3 Å².